The van der Waals surface area contributed by atoms with Gasteiger partial charge in [0.1, 0.15) is 6.54 Å². The second-order valence-corrected chi connectivity index (χ2v) is 5.64. The molecule has 1 aromatic heterocycles. The van der Waals surface area contributed by atoms with Crippen molar-refractivity contribution in [1.29, 1.82) is 0 Å². The molecule has 22 heavy (non-hydrogen) atoms. The normalized spacial score (nSPS) is 14.4. The van der Waals surface area contributed by atoms with E-state index in [0.717, 1.165) is 18.9 Å². The zero-order valence-electron chi connectivity index (χ0n) is 12.4. The van der Waals surface area contributed by atoms with Gasteiger partial charge in [0.15, 0.2) is 5.58 Å². The van der Waals surface area contributed by atoms with Gasteiger partial charge >= 0.3 is 5.76 Å². The molecule has 0 spiro atoms. The molecular formula is C16H20N2O4. The molecule has 1 fully saturated rings. The molecule has 1 heterocycles. The van der Waals surface area contributed by atoms with Gasteiger partial charge < -0.3 is 14.5 Å². The highest BCUT2D eigenvalue weighted by Crippen LogP contribution is 2.28. The lowest BCUT2D eigenvalue weighted by Gasteiger charge is -2.06. The number of carbonyl (C=O) groups is 1. The van der Waals surface area contributed by atoms with Gasteiger partial charge in [-0.25, -0.2) is 4.79 Å². The van der Waals surface area contributed by atoms with Crippen LogP contribution >= 0.6 is 0 Å². The fourth-order valence-electron chi connectivity index (χ4n) is 2.30. The fraction of sp³-hybridized carbons (Fsp3) is 0.500. The number of fused-ring (bicyclic) bond motifs is 1. The summed E-state index contributed by atoms with van der Waals surface area (Å²) in [5, 5.41) is 2.80. The average molecular weight is 304 g/mol. The lowest BCUT2D eigenvalue weighted by Crippen LogP contribution is -2.31. The number of nitrogens with zero attached hydrogens (tertiary/aromatic N) is 1. The second kappa shape index (κ2) is 6.79. The standard InChI is InChI=1S/C16H20N2O4/c19-15(17-8-3-9-21-11-12-6-7-12)10-18-13-4-1-2-5-14(13)22-16(18)20/h1-2,4-5,12H,3,6-11H2,(H,17,19). The van der Waals surface area contributed by atoms with Crippen LogP contribution in [0.3, 0.4) is 0 Å². The monoisotopic (exact) mass is 304 g/mol. The maximum atomic E-state index is 11.9. The third kappa shape index (κ3) is 3.76. The van der Waals surface area contributed by atoms with Crippen LogP contribution in [-0.2, 0) is 16.1 Å². The third-order valence-corrected chi connectivity index (χ3v) is 3.71. The number of rotatable bonds is 8. The number of hydrogen-bond donors (Lipinski definition) is 1. The van der Waals surface area contributed by atoms with Crippen molar-refractivity contribution >= 4 is 17.0 Å². The predicted octanol–water partition coefficient (Wildman–Crippen LogP) is 1.53. The van der Waals surface area contributed by atoms with E-state index < -0.39 is 5.76 Å². The molecule has 6 nitrogen and oxygen atoms in total. The molecule has 0 atom stereocenters. The minimum absolute atomic E-state index is 0.0290. The van der Waals surface area contributed by atoms with Crippen LogP contribution in [0, 0.1) is 5.92 Å². The van der Waals surface area contributed by atoms with Gasteiger partial charge in [-0.3, -0.25) is 9.36 Å². The van der Waals surface area contributed by atoms with E-state index in [9.17, 15) is 9.59 Å². The zero-order valence-corrected chi connectivity index (χ0v) is 12.4. The first kappa shape index (κ1) is 14.8. The first-order chi connectivity index (χ1) is 10.7. The highest BCUT2D eigenvalue weighted by Gasteiger charge is 2.20. The number of para-hydroxylation sites is 2. The number of nitrogens with one attached hydrogen (secondary N) is 1. The van der Waals surface area contributed by atoms with E-state index in [4.69, 9.17) is 9.15 Å². The highest BCUT2D eigenvalue weighted by atomic mass is 16.5. The Bertz CT molecular complexity index is 699. The second-order valence-electron chi connectivity index (χ2n) is 5.64. The van der Waals surface area contributed by atoms with Crippen LogP contribution in [0.1, 0.15) is 19.3 Å². The SMILES string of the molecule is O=C(Cn1c(=O)oc2ccccc21)NCCCOCC1CC1. The molecule has 0 saturated heterocycles. The average Bonchev–Trinajstić information content (AvgIpc) is 3.28. The molecule has 1 aliphatic carbocycles. The van der Waals surface area contributed by atoms with Crippen LogP contribution in [0.4, 0.5) is 0 Å². The Kier molecular flexibility index (Phi) is 4.58. The van der Waals surface area contributed by atoms with Crippen LogP contribution in [0.15, 0.2) is 33.5 Å². The highest BCUT2D eigenvalue weighted by molar-refractivity contribution is 5.79. The van der Waals surface area contributed by atoms with E-state index in [2.05, 4.69) is 5.32 Å². The lowest BCUT2D eigenvalue weighted by molar-refractivity contribution is -0.121. The topological polar surface area (TPSA) is 73.5 Å². The molecule has 1 aliphatic rings. The number of benzene rings is 1. The van der Waals surface area contributed by atoms with Crippen molar-refractivity contribution in [3.05, 3.63) is 34.8 Å². The van der Waals surface area contributed by atoms with Crippen LogP contribution < -0.4 is 11.1 Å². The maximum Gasteiger partial charge on any atom is 0.420 e. The predicted molar refractivity (Wildman–Crippen MR) is 81.6 cm³/mol. The van der Waals surface area contributed by atoms with Crippen LogP contribution in [-0.4, -0.2) is 30.2 Å². The Morgan fingerprint density at radius 1 is 1.36 bits per heavy atom. The molecule has 6 heteroatoms. The summed E-state index contributed by atoms with van der Waals surface area (Å²) in [6, 6.07) is 7.07. The summed E-state index contributed by atoms with van der Waals surface area (Å²) in [5.41, 5.74) is 1.13. The molecular weight excluding hydrogens is 284 g/mol. The van der Waals surface area contributed by atoms with E-state index in [1.54, 1.807) is 18.2 Å². The number of aromatic nitrogens is 1. The minimum Gasteiger partial charge on any atom is -0.408 e. The number of hydrogen-bond acceptors (Lipinski definition) is 4. The van der Waals surface area contributed by atoms with Crippen molar-refractivity contribution in [2.75, 3.05) is 19.8 Å². The van der Waals surface area contributed by atoms with Crippen molar-refractivity contribution < 1.29 is 13.9 Å². The maximum absolute atomic E-state index is 11.9. The molecule has 2 aromatic rings. The summed E-state index contributed by atoms with van der Waals surface area (Å²) in [4.78, 5) is 23.7. The van der Waals surface area contributed by atoms with Gasteiger partial charge in [0.25, 0.3) is 0 Å². The molecule has 1 aromatic carbocycles. The molecule has 1 saturated carbocycles. The van der Waals surface area contributed by atoms with Gasteiger partial charge in [0.05, 0.1) is 5.52 Å². The van der Waals surface area contributed by atoms with Gasteiger partial charge in [-0.2, -0.15) is 0 Å². The quantitative estimate of drug-likeness (QED) is 0.751. The molecule has 1 amide bonds. The van der Waals surface area contributed by atoms with E-state index in [1.165, 1.54) is 17.4 Å². The van der Waals surface area contributed by atoms with Crippen molar-refractivity contribution in [3.63, 3.8) is 0 Å². The molecule has 0 aliphatic heterocycles. The summed E-state index contributed by atoms with van der Waals surface area (Å²) < 4.78 is 11.9. The van der Waals surface area contributed by atoms with Gasteiger partial charge in [-0.1, -0.05) is 12.1 Å². The smallest absolute Gasteiger partial charge is 0.408 e. The van der Waals surface area contributed by atoms with Crippen molar-refractivity contribution in [1.82, 2.24) is 9.88 Å². The summed E-state index contributed by atoms with van der Waals surface area (Å²) in [6.45, 7) is 2.02. The molecule has 0 radical (unpaired) electrons. The van der Waals surface area contributed by atoms with Gasteiger partial charge in [0, 0.05) is 19.8 Å². The largest absolute Gasteiger partial charge is 0.420 e. The van der Waals surface area contributed by atoms with Gasteiger partial charge in [-0.05, 0) is 37.3 Å². The summed E-state index contributed by atoms with van der Waals surface area (Å²) in [7, 11) is 0. The Hall–Kier alpha value is -2.08. The van der Waals surface area contributed by atoms with E-state index in [1.807, 2.05) is 6.07 Å². The molecule has 1 N–H and O–H groups in total. The Morgan fingerprint density at radius 2 is 2.18 bits per heavy atom. The van der Waals surface area contributed by atoms with Gasteiger partial charge in [0.2, 0.25) is 5.91 Å². The number of ether oxygens (including phenoxy) is 1. The summed E-state index contributed by atoms with van der Waals surface area (Å²) >= 11 is 0. The third-order valence-electron chi connectivity index (χ3n) is 3.71. The van der Waals surface area contributed by atoms with Crippen LogP contribution in [0.5, 0.6) is 0 Å². The number of oxazole rings is 1. The first-order valence-corrected chi connectivity index (χ1v) is 7.67. The summed E-state index contributed by atoms with van der Waals surface area (Å²) in [5.74, 6) is 0.0517. The summed E-state index contributed by atoms with van der Waals surface area (Å²) in [6.07, 6.45) is 3.34. The number of amides is 1. The minimum atomic E-state index is -0.510. The number of carbonyl (C=O) groups excluding carboxylic acids is 1. The molecule has 118 valence electrons. The van der Waals surface area contributed by atoms with E-state index in [0.29, 0.717) is 24.3 Å². The lowest BCUT2D eigenvalue weighted by atomic mass is 10.3. The van der Waals surface area contributed by atoms with E-state index in [-0.39, 0.29) is 12.5 Å². The first-order valence-electron chi connectivity index (χ1n) is 7.67. The van der Waals surface area contributed by atoms with Gasteiger partial charge in [-0.15, -0.1) is 0 Å². The Labute approximate surface area is 128 Å². The van der Waals surface area contributed by atoms with Crippen LogP contribution in [0.2, 0.25) is 0 Å². The zero-order chi connectivity index (χ0) is 15.4. The fourth-order valence-corrected chi connectivity index (χ4v) is 2.30. The van der Waals surface area contributed by atoms with Crippen LogP contribution in [0.25, 0.3) is 11.1 Å². The van der Waals surface area contributed by atoms with Crippen molar-refractivity contribution in [3.8, 4) is 0 Å². The van der Waals surface area contributed by atoms with E-state index >= 15 is 0 Å². The molecule has 0 unspecified atom stereocenters. The molecule has 3 rings (SSSR count). The Morgan fingerprint density at radius 3 is 3.00 bits per heavy atom. The van der Waals surface area contributed by atoms with Crippen molar-refractivity contribution in [2.24, 2.45) is 5.92 Å². The molecule has 0 bridgehead atoms. The van der Waals surface area contributed by atoms with Crippen molar-refractivity contribution in [2.45, 2.75) is 25.8 Å². The Balaban J connectivity index is 1.44.